The molecule has 1 aromatic heterocycles. The molecule has 0 saturated heterocycles. The highest BCUT2D eigenvalue weighted by Gasteiger charge is 2.34. The van der Waals surface area contributed by atoms with Crippen LogP contribution in [0.4, 0.5) is 14.7 Å². The van der Waals surface area contributed by atoms with Crippen molar-refractivity contribution < 1.29 is 23.0 Å². The van der Waals surface area contributed by atoms with E-state index in [0.717, 1.165) is 0 Å². The van der Waals surface area contributed by atoms with Gasteiger partial charge in [-0.15, -0.1) is 5.10 Å². The minimum Gasteiger partial charge on any atom is -0.466 e. The smallest absolute Gasteiger partial charge is 0.387 e. The normalized spacial score (nSPS) is 16.3. The summed E-state index contributed by atoms with van der Waals surface area (Å²) in [6.07, 6.45) is 1.84. The Labute approximate surface area is 152 Å². The van der Waals surface area contributed by atoms with E-state index in [4.69, 9.17) is 4.74 Å². The zero-order chi connectivity index (χ0) is 18.8. The molecule has 10 heteroatoms. The Balaban J connectivity index is 2.08. The molecular formula is C16H16F2N4O3S. The fraction of sp³-hybridized carbons (Fsp3) is 0.312. The summed E-state index contributed by atoms with van der Waals surface area (Å²) in [5.74, 6) is -0.00112. The molecule has 0 amide bonds. The number of aromatic nitrogens is 3. The van der Waals surface area contributed by atoms with Gasteiger partial charge in [0.15, 0.2) is 0 Å². The minimum atomic E-state index is -2.90. The molecule has 138 valence electrons. The molecule has 0 spiro atoms. The number of hydrogen-bond donors (Lipinski definition) is 1. The van der Waals surface area contributed by atoms with Crippen LogP contribution in [0.25, 0.3) is 0 Å². The van der Waals surface area contributed by atoms with Gasteiger partial charge >= 0.3 is 12.6 Å². The summed E-state index contributed by atoms with van der Waals surface area (Å²) < 4.78 is 35.6. The van der Waals surface area contributed by atoms with Gasteiger partial charge in [0.05, 0.1) is 12.7 Å². The molecule has 26 heavy (non-hydrogen) atoms. The van der Waals surface area contributed by atoms with Gasteiger partial charge in [-0.25, -0.2) is 9.48 Å². The van der Waals surface area contributed by atoms with E-state index in [2.05, 4.69) is 20.1 Å². The average Bonchev–Trinajstić information content (AvgIpc) is 3.03. The van der Waals surface area contributed by atoms with Crippen LogP contribution in [0.15, 0.2) is 40.7 Å². The number of thioether (sulfide) groups is 1. The van der Waals surface area contributed by atoms with Crippen LogP contribution in [0, 0.1) is 0 Å². The summed E-state index contributed by atoms with van der Waals surface area (Å²) in [6, 6.07) is 5.44. The first-order valence-electron chi connectivity index (χ1n) is 7.56. The fourth-order valence-corrected chi connectivity index (χ4v) is 3.08. The lowest BCUT2D eigenvalue weighted by Gasteiger charge is -2.27. The van der Waals surface area contributed by atoms with E-state index < -0.39 is 18.6 Å². The molecule has 0 unspecified atom stereocenters. The second kappa shape index (κ2) is 7.32. The number of nitrogens with zero attached hydrogens (tertiary/aromatic N) is 3. The van der Waals surface area contributed by atoms with Crippen molar-refractivity contribution >= 4 is 23.7 Å². The number of carbonyl (C=O) groups excluding carboxylic acids is 1. The lowest BCUT2D eigenvalue weighted by atomic mass is 9.96. The molecule has 1 atom stereocenters. The van der Waals surface area contributed by atoms with E-state index >= 15 is 0 Å². The first-order chi connectivity index (χ1) is 12.4. The van der Waals surface area contributed by atoms with Crippen molar-refractivity contribution in [1.82, 2.24) is 14.8 Å². The molecule has 0 radical (unpaired) electrons. The highest BCUT2D eigenvalue weighted by atomic mass is 32.2. The number of fused-ring (bicyclic) bond motifs is 1. The molecule has 2 aromatic rings. The molecule has 0 saturated carbocycles. The van der Waals surface area contributed by atoms with Gasteiger partial charge in [-0.2, -0.15) is 13.8 Å². The Bertz CT molecular complexity index is 852. The number of allylic oxidation sites excluding steroid dienone is 1. The largest absolute Gasteiger partial charge is 0.466 e. The third-order valence-electron chi connectivity index (χ3n) is 3.84. The van der Waals surface area contributed by atoms with Crippen molar-refractivity contribution in [3.05, 3.63) is 41.1 Å². The van der Waals surface area contributed by atoms with E-state index in [9.17, 15) is 13.6 Å². The molecule has 7 nitrogen and oxygen atoms in total. The summed E-state index contributed by atoms with van der Waals surface area (Å²) in [6.45, 7) is -1.16. The van der Waals surface area contributed by atoms with E-state index in [1.165, 1.54) is 31.0 Å². The summed E-state index contributed by atoms with van der Waals surface area (Å²) >= 11 is 1.36. The van der Waals surface area contributed by atoms with Gasteiger partial charge in [-0.3, -0.25) is 0 Å². The van der Waals surface area contributed by atoms with E-state index in [0.29, 0.717) is 27.9 Å². The number of anilines is 1. The highest BCUT2D eigenvalue weighted by molar-refractivity contribution is 7.98. The number of esters is 1. The Morgan fingerprint density at radius 3 is 2.62 bits per heavy atom. The molecule has 1 aliphatic heterocycles. The molecule has 0 fully saturated rings. The van der Waals surface area contributed by atoms with Crippen molar-refractivity contribution in [1.29, 1.82) is 0 Å². The molecule has 0 aliphatic carbocycles. The van der Waals surface area contributed by atoms with Crippen LogP contribution >= 0.6 is 11.8 Å². The van der Waals surface area contributed by atoms with Gasteiger partial charge in [0.25, 0.3) is 0 Å². The molecule has 0 bridgehead atoms. The fourth-order valence-electron chi connectivity index (χ4n) is 2.73. The zero-order valence-electron chi connectivity index (χ0n) is 14.2. The van der Waals surface area contributed by atoms with E-state index in [-0.39, 0.29) is 5.75 Å². The number of hydrogen-bond acceptors (Lipinski definition) is 7. The lowest BCUT2D eigenvalue weighted by Crippen LogP contribution is -2.29. The number of nitrogens with one attached hydrogen (secondary N) is 1. The lowest BCUT2D eigenvalue weighted by molar-refractivity contribution is -0.136. The highest BCUT2D eigenvalue weighted by Crippen LogP contribution is 2.36. The SMILES string of the molecule is COC(=O)C1=C(C)Nc2nc(SC)nn2[C@@H]1c1ccc(OC(F)F)cc1. The van der Waals surface area contributed by atoms with E-state index in [1.807, 2.05) is 6.26 Å². The third-order valence-corrected chi connectivity index (χ3v) is 4.38. The minimum absolute atomic E-state index is 0.0293. The maximum absolute atomic E-state index is 12.4. The van der Waals surface area contributed by atoms with Gasteiger partial charge in [0.1, 0.15) is 11.8 Å². The van der Waals surface area contributed by atoms with Gasteiger partial charge in [0, 0.05) is 5.70 Å². The van der Waals surface area contributed by atoms with Crippen LogP contribution in [0.3, 0.4) is 0 Å². The summed E-state index contributed by atoms with van der Waals surface area (Å²) in [5.41, 5.74) is 1.61. The number of alkyl halides is 2. The maximum atomic E-state index is 12.4. The molecular weight excluding hydrogens is 366 g/mol. The molecule has 1 N–H and O–H groups in total. The van der Waals surface area contributed by atoms with E-state index in [1.54, 1.807) is 23.7 Å². The third kappa shape index (κ3) is 3.36. The number of ether oxygens (including phenoxy) is 2. The van der Waals surface area contributed by atoms with Gasteiger partial charge in [-0.1, -0.05) is 23.9 Å². The quantitative estimate of drug-likeness (QED) is 0.629. The topological polar surface area (TPSA) is 78.3 Å². The van der Waals surface area contributed by atoms with Crippen LogP contribution in [0.5, 0.6) is 5.75 Å². The Hall–Kier alpha value is -2.62. The van der Waals surface area contributed by atoms with Crippen LogP contribution < -0.4 is 10.1 Å². The van der Waals surface area contributed by atoms with Gasteiger partial charge in [0.2, 0.25) is 11.1 Å². The molecule has 1 aliphatic rings. The second-order valence-electron chi connectivity index (χ2n) is 5.37. The summed E-state index contributed by atoms with van der Waals surface area (Å²) in [7, 11) is 1.30. The number of carbonyl (C=O) groups is 1. The number of benzene rings is 1. The predicted molar refractivity (Wildman–Crippen MR) is 91.4 cm³/mol. The Morgan fingerprint density at radius 2 is 2.04 bits per heavy atom. The average molecular weight is 382 g/mol. The molecule has 2 heterocycles. The number of halogens is 2. The van der Waals surface area contributed by atoms with Crippen molar-refractivity contribution in [3.8, 4) is 5.75 Å². The van der Waals surface area contributed by atoms with Crippen molar-refractivity contribution in [3.63, 3.8) is 0 Å². The molecule has 1 aromatic carbocycles. The first kappa shape index (κ1) is 18.2. The summed E-state index contributed by atoms with van der Waals surface area (Å²) in [5, 5.41) is 8.00. The van der Waals surface area contributed by atoms with Crippen molar-refractivity contribution in [2.75, 3.05) is 18.7 Å². The number of rotatable bonds is 5. The first-order valence-corrected chi connectivity index (χ1v) is 8.78. The standard InChI is InChI=1S/C16H16F2N4O3S/c1-8-11(13(23)24-2)12(22-15(19-8)20-16(21-22)26-3)9-4-6-10(7-5-9)25-14(17)18/h4-7,12,14H,1-3H3,(H,19,20,21)/t12-/m1/s1. The Kier molecular flexibility index (Phi) is 5.12. The van der Waals surface area contributed by atoms with Crippen LogP contribution in [-0.4, -0.2) is 40.7 Å². The maximum Gasteiger partial charge on any atom is 0.387 e. The van der Waals surface area contributed by atoms with Gasteiger partial charge in [-0.05, 0) is 30.9 Å². The summed E-state index contributed by atoms with van der Waals surface area (Å²) in [4.78, 5) is 16.7. The van der Waals surface area contributed by atoms with Crippen LogP contribution in [0.1, 0.15) is 18.5 Å². The van der Waals surface area contributed by atoms with Crippen molar-refractivity contribution in [2.24, 2.45) is 0 Å². The zero-order valence-corrected chi connectivity index (χ0v) is 15.0. The number of methoxy groups -OCH3 is 1. The van der Waals surface area contributed by atoms with Crippen LogP contribution in [-0.2, 0) is 9.53 Å². The van der Waals surface area contributed by atoms with Crippen molar-refractivity contribution in [2.45, 2.75) is 24.7 Å². The Morgan fingerprint density at radius 1 is 1.35 bits per heavy atom. The van der Waals surface area contributed by atoms with Crippen LogP contribution in [0.2, 0.25) is 0 Å². The molecule has 3 rings (SSSR count). The predicted octanol–water partition coefficient (Wildman–Crippen LogP) is 3.06. The second-order valence-corrected chi connectivity index (χ2v) is 6.15. The van der Waals surface area contributed by atoms with Gasteiger partial charge < -0.3 is 14.8 Å². The monoisotopic (exact) mass is 382 g/mol.